The van der Waals surface area contributed by atoms with Crippen LogP contribution in [0.3, 0.4) is 0 Å². The summed E-state index contributed by atoms with van der Waals surface area (Å²) in [6.07, 6.45) is 8.09. The van der Waals surface area contributed by atoms with Gasteiger partial charge in [-0.15, -0.1) is 0 Å². The molecule has 6 nitrogen and oxygen atoms in total. The molecule has 2 atom stereocenters. The van der Waals surface area contributed by atoms with Crippen molar-refractivity contribution in [1.82, 2.24) is 9.97 Å². The van der Waals surface area contributed by atoms with E-state index in [2.05, 4.69) is 15.3 Å². The number of hydrogen-bond donors (Lipinski definition) is 3. The van der Waals surface area contributed by atoms with Crippen molar-refractivity contribution >= 4 is 11.9 Å². The number of primary amides is 1. The van der Waals surface area contributed by atoms with Crippen LogP contribution < -0.4 is 11.1 Å². The lowest BCUT2D eigenvalue weighted by Gasteiger charge is -2.34. The van der Waals surface area contributed by atoms with Gasteiger partial charge in [0.2, 0.25) is 5.95 Å². The van der Waals surface area contributed by atoms with Crippen LogP contribution in [-0.4, -0.2) is 32.6 Å². The minimum atomic E-state index is -0.613. The molecule has 0 spiro atoms. The van der Waals surface area contributed by atoms with Crippen LogP contribution in [0.1, 0.15) is 61.5 Å². The minimum absolute atomic E-state index is 0.325. The van der Waals surface area contributed by atoms with Crippen molar-refractivity contribution in [2.75, 3.05) is 5.32 Å². The van der Waals surface area contributed by atoms with Crippen molar-refractivity contribution in [3.8, 4) is 0 Å². The maximum atomic E-state index is 11.6. The first-order valence-corrected chi connectivity index (χ1v) is 8.07. The summed E-state index contributed by atoms with van der Waals surface area (Å²) in [6.45, 7) is 1.88. The van der Waals surface area contributed by atoms with Crippen molar-refractivity contribution in [3.63, 3.8) is 0 Å². The number of anilines is 1. The molecule has 0 saturated heterocycles. The molecule has 6 heteroatoms. The first kappa shape index (κ1) is 15.2. The van der Waals surface area contributed by atoms with E-state index in [0.29, 0.717) is 35.6 Å². The quantitative estimate of drug-likeness (QED) is 0.767. The molecule has 3 rings (SSSR count). The summed E-state index contributed by atoms with van der Waals surface area (Å²) in [7, 11) is 0. The average Bonchev–Trinajstić information content (AvgIpc) is 3.21. The van der Waals surface area contributed by atoms with Gasteiger partial charge in [0.25, 0.3) is 5.91 Å². The summed E-state index contributed by atoms with van der Waals surface area (Å²) in [5.41, 5.74) is 5.93. The van der Waals surface area contributed by atoms with Crippen LogP contribution in [-0.2, 0) is 6.42 Å². The normalized spacial score (nSPS) is 28.4. The lowest BCUT2D eigenvalue weighted by Crippen LogP contribution is -2.33. The van der Waals surface area contributed by atoms with Gasteiger partial charge in [0.05, 0.1) is 16.9 Å². The topological polar surface area (TPSA) is 101 Å². The van der Waals surface area contributed by atoms with Crippen LogP contribution in [0.15, 0.2) is 6.20 Å². The monoisotopic (exact) mass is 304 g/mol. The van der Waals surface area contributed by atoms with E-state index in [1.54, 1.807) is 0 Å². The van der Waals surface area contributed by atoms with Gasteiger partial charge in [0.1, 0.15) is 0 Å². The molecule has 0 aliphatic heterocycles. The number of nitrogens with zero attached hydrogens (tertiary/aromatic N) is 2. The Bertz CT molecular complexity index is 569. The van der Waals surface area contributed by atoms with Gasteiger partial charge in [-0.05, 0) is 51.4 Å². The minimum Gasteiger partial charge on any atom is -0.390 e. The second-order valence-corrected chi connectivity index (χ2v) is 7.00. The number of carbonyl (C=O) groups is 1. The summed E-state index contributed by atoms with van der Waals surface area (Å²) in [5.74, 6) is 0.408. The zero-order chi connectivity index (χ0) is 15.7. The molecular formula is C16H24N4O2. The van der Waals surface area contributed by atoms with E-state index in [9.17, 15) is 9.90 Å². The Morgan fingerprint density at radius 3 is 2.91 bits per heavy atom. The molecule has 120 valence electrons. The van der Waals surface area contributed by atoms with Crippen molar-refractivity contribution < 1.29 is 9.90 Å². The first-order valence-electron chi connectivity index (χ1n) is 8.07. The van der Waals surface area contributed by atoms with Gasteiger partial charge in [-0.1, -0.05) is 6.42 Å². The van der Waals surface area contributed by atoms with Gasteiger partial charge in [-0.3, -0.25) is 4.79 Å². The molecule has 1 amide bonds. The van der Waals surface area contributed by atoms with Crippen LogP contribution in [0.5, 0.6) is 0 Å². The second-order valence-electron chi connectivity index (χ2n) is 7.00. The lowest BCUT2D eigenvalue weighted by molar-refractivity contribution is 0.00107. The molecule has 2 fully saturated rings. The molecule has 2 aliphatic rings. The molecule has 2 aliphatic carbocycles. The van der Waals surface area contributed by atoms with E-state index >= 15 is 0 Å². The summed E-state index contributed by atoms with van der Waals surface area (Å²) in [4.78, 5) is 20.3. The molecule has 2 saturated carbocycles. The number of rotatable bonds is 5. The lowest BCUT2D eigenvalue weighted by atomic mass is 9.77. The highest BCUT2D eigenvalue weighted by Crippen LogP contribution is 2.34. The van der Waals surface area contributed by atoms with E-state index in [0.717, 1.165) is 38.5 Å². The van der Waals surface area contributed by atoms with Crippen LogP contribution >= 0.6 is 0 Å². The molecular weight excluding hydrogens is 280 g/mol. The number of amides is 1. The molecule has 0 aromatic carbocycles. The Labute approximate surface area is 130 Å². The Morgan fingerprint density at radius 1 is 1.50 bits per heavy atom. The molecule has 0 unspecified atom stereocenters. The fourth-order valence-corrected chi connectivity index (χ4v) is 3.30. The third-order valence-corrected chi connectivity index (χ3v) is 4.58. The van der Waals surface area contributed by atoms with Gasteiger partial charge in [0.15, 0.2) is 0 Å². The fourth-order valence-electron chi connectivity index (χ4n) is 3.30. The average molecular weight is 304 g/mol. The van der Waals surface area contributed by atoms with Crippen LogP contribution in [0.4, 0.5) is 5.95 Å². The molecule has 0 bridgehead atoms. The van der Waals surface area contributed by atoms with Crippen molar-refractivity contribution in [2.24, 2.45) is 11.7 Å². The maximum absolute atomic E-state index is 11.6. The number of nitrogens with two attached hydrogens (primary N) is 1. The third-order valence-electron chi connectivity index (χ3n) is 4.58. The van der Waals surface area contributed by atoms with Crippen LogP contribution in [0.25, 0.3) is 0 Å². The van der Waals surface area contributed by atoms with E-state index in [4.69, 9.17) is 5.73 Å². The van der Waals surface area contributed by atoms with Crippen LogP contribution in [0.2, 0.25) is 0 Å². The SMILES string of the molecule is C[C@]1(O)CCC[C@@H](Cc2nc(NC3CC3)ncc2C(N)=O)C1. The summed E-state index contributed by atoms with van der Waals surface area (Å²) in [6, 6.07) is 0.461. The highest BCUT2D eigenvalue weighted by molar-refractivity contribution is 5.93. The Kier molecular flexibility index (Phi) is 4.04. The van der Waals surface area contributed by atoms with Gasteiger partial charge in [-0.2, -0.15) is 0 Å². The molecule has 1 heterocycles. The summed E-state index contributed by atoms with van der Waals surface area (Å²) >= 11 is 0. The number of nitrogens with one attached hydrogen (secondary N) is 1. The molecule has 1 aromatic heterocycles. The predicted octanol–water partition coefficient (Wildman–Crippen LogP) is 1.63. The van der Waals surface area contributed by atoms with Crippen molar-refractivity contribution in [3.05, 3.63) is 17.5 Å². The zero-order valence-electron chi connectivity index (χ0n) is 13.0. The molecule has 1 aromatic rings. The zero-order valence-corrected chi connectivity index (χ0v) is 13.0. The summed E-state index contributed by atoms with van der Waals surface area (Å²) < 4.78 is 0. The van der Waals surface area contributed by atoms with Crippen molar-refractivity contribution in [1.29, 1.82) is 0 Å². The van der Waals surface area contributed by atoms with Crippen molar-refractivity contribution in [2.45, 2.75) is 63.5 Å². The number of aromatic nitrogens is 2. The Morgan fingerprint density at radius 2 is 2.27 bits per heavy atom. The highest BCUT2D eigenvalue weighted by Gasteiger charge is 2.31. The van der Waals surface area contributed by atoms with E-state index < -0.39 is 11.5 Å². The highest BCUT2D eigenvalue weighted by atomic mass is 16.3. The van der Waals surface area contributed by atoms with Crippen LogP contribution in [0, 0.1) is 5.92 Å². The predicted molar refractivity (Wildman–Crippen MR) is 83.5 cm³/mol. The summed E-state index contributed by atoms with van der Waals surface area (Å²) in [5, 5.41) is 13.5. The third kappa shape index (κ3) is 3.74. The molecule has 4 N–H and O–H groups in total. The maximum Gasteiger partial charge on any atom is 0.252 e. The van der Waals surface area contributed by atoms with Gasteiger partial charge in [-0.25, -0.2) is 9.97 Å². The number of carbonyl (C=O) groups excluding carboxylic acids is 1. The second kappa shape index (κ2) is 5.83. The van der Waals surface area contributed by atoms with Gasteiger partial charge >= 0.3 is 0 Å². The van der Waals surface area contributed by atoms with E-state index in [1.165, 1.54) is 6.20 Å². The van der Waals surface area contributed by atoms with E-state index in [1.807, 2.05) is 6.92 Å². The molecule has 22 heavy (non-hydrogen) atoms. The standard InChI is InChI=1S/C16H24N4O2/c1-16(22)6-2-3-10(8-16)7-13-12(14(17)21)9-18-15(20-13)19-11-4-5-11/h9-11,22H,2-8H2,1H3,(H2,17,21)(H,18,19,20)/t10-,16-/m0/s1. The van der Waals surface area contributed by atoms with Gasteiger partial charge < -0.3 is 16.2 Å². The van der Waals surface area contributed by atoms with Gasteiger partial charge in [0, 0.05) is 12.2 Å². The largest absolute Gasteiger partial charge is 0.390 e. The number of aliphatic hydroxyl groups is 1. The Hall–Kier alpha value is -1.69. The first-order chi connectivity index (χ1) is 10.4. The fraction of sp³-hybridized carbons (Fsp3) is 0.688. The van der Waals surface area contributed by atoms with E-state index in [-0.39, 0.29) is 0 Å². The smallest absolute Gasteiger partial charge is 0.252 e. The molecule has 0 radical (unpaired) electrons. The Balaban J connectivity index is 1.78. The number of hydrogen-bond acceptors (Lipinski definition) is 5.